The number of ether oxygens (including phenoxy) is 1. The summed E-state index contributed by atoms with van der Waals surface area (Å²) in [5.74, 6) is 0.949. The van der Waals surface area contributed by atoms with Crippen LogP contribution in [-0.2, 0) is 0 Å². The number of nitriles is 1. The maximum Gasteiger partial charge on any atom is 0.214 e. The maximum absolute atomic E-state index is 9.05. The fourth-order valence-electron chi connectivity index (χ4n) is 2.15. The van der Waals surface area contributed by atoms with Crippen molar-refractivity contribution in [2.75, 3.05) is 6.61 Å². The third-order valence-electron chi connectivity index (χ3n) is 3.18. The van der Waals surface area contributed by atoms with Crippen LogP contribution in [0.15, 0.2) is 18.2 Å². The summed E-state index contributed by atoms with van der Waals surface area (Å²) in [6.45, 7) is 0.273. The van der Waals surface area contributed by atoms with E-state index in [0.717, 1.165) is 25.7 Å². The van der Waals surface area contributed by atoms with Gasteiger partial charge in [-0.15, -0.1) is 0 Å². The van der Waals surface area contributed by atoms with E-state index in [1.807, 2.05) is 6.07 Å². The molecule has 1 saturated carbocycles. The average Bonchev–Trinajstić information content (AvgIpc) is 2.40. The number of aliphatic hydroxyl groups excluding tert-OH is 1. The minimum absolute atomic E-state index is 0.166. The highest BCUT2D eigenvalue weighted by atomic mass is 16.5. The van der Waals surface area contributed by atoms with Crippen LogP contribution in [0.3, 0.4) is 0 Å². The quantitative estimate of drug-likeness (QED) is 0.864. The summed E-state index contributed by atoms with van der Waals surface area (Å²) in [7, 11) is 0. The van der Waals surface area contributed by atoms with Gasteiger partial charge in [-0.25, -0.2) is 4.98 Å². The van der Waals surface area contributed by atoms with Crippen molar-refractivity contribution in [1.82, 2.24) is 4.98 Å². The lowest BCUT2D eigenvalue weighted by Crippen LogP contribution is -2.25. The fourth-order valence-corrected chi connectivity index (χ4v) is 2.15. The maximum atomic E-state index is 9.05. The first-order valence-electron chi connectivity index (χ1n) is 5.96. The average molecular weight is 232 g/mol. The molecule has 0 unspecified atom stereocenters. The Morgan fingerprint density at radius 1 is 1.35 bits per heavy atom. The third kappa shape index (κ3) is 3.18. The predicted molar refractivity (Wildman–Crippen MR) is 62.4 cm³/mol. The molecule has 1 fully saturated rings. The van der Waals surface area contributed by atoms with Gasteiger partial charge in [0.2, 0.25) is 5.88 Å². The Hall–Kier alpha value is -1.60. The van der Waals surface area contributed by atoms with Crippen molar-refractivity contribution in [3.05, 3.63) is 23.9 Å². The van der Waals surface area contributed by atoms with Crippen LogP contribution >= 0.6 is 0 Å². The van der Waals surface area contributed by atoms with Gasteiger partial charge >= 0.3 is 0 Å². The fraction of sp³-hybridized carbons (Fsp3) is 0.538. The highest BCUT2D eigenvalue weighted by Gasteiger charge is 2.22. The van der Waals surface area contributed by atoms with Gasteiger partial charge in [-0.05, 0) is 37.7 Å². The van der Waals surface area contributed by atoms with Crippen molar-refractivity contribution in [2.45, 2.75) is 31.8 Å². The molecule has 0 atom stereocenters. The van der Waals surface area contributed by atoms with Crippen LogP contribution in [0.4, 0.5) is 0 Å². The molecule has 0 radical (unpaired) electrons. The van der Waals surface area contributed by atoms with Crippen LogP contribution in [0, 0.1) is 17.2 Å². The van der Waals surface area contributed by atoms with Gasteiger partial charge in [0.1, 0.15) is 17.9 Å². The molecule has 1 aromatic heterocycles. The summed E-state index contributed by atoms with van der Waals surface area (Å²) in [6, 6.07) is 7.21. The lowest BCUT2D eigenvalue weighted by atomic mass is 9.88. The summed E-state index contributed by atoms with van der Waals surface area (Å²) < 4.78 is 5.75. The van der Waals surface area contributed by atoms with Crippen LogP contribution in [-0.4, -0.2) is 22.8 Å². The van der Waals surface area contributed by atoms with Gasteiger partial charge < -0.3 is 9.84 Å². The molecule has 0 saturated heterocycles. The van der Waals surface area contributed by atoms with Gasteiger partial charge in [-0.2, -0.15) is 5.26 Å². The molecule has 90 valence electrons. The monoisotopic (exact) mass is 232 g/mol. The molecule has 17 heavy (non-hydrogen) atoms. The normalized spacial score (nSPS) is 24.0. The van der Waals surface area contributed by atoms with Crippen LogP contribution in [0.25, 0.3) is 0 Å². The molecule has 1 aliphatic rings. The Labute approximate surface area is 101 Å². The van der Waals surface area contributed by atoms with Crippen molar-refractivity contribution in [3.63, 3.8) is 0 Å². The summed E-state index contributed by atoms with van der Waals surface area (Å²) in [5, 5.41) is 17.8. The summed E-state index contributed by atoms with van der Waals surface area (Å²) >= 11 is 0. The van der Waals surface area contributed by atoms with Crippen molar-refractivity contribution in [2.24, 2.45) is 5.92 Å². The molecule has 4 nitrogen and oxygen atoms in total. The molecule has 4 heteroatoms. The summed E-state index contributed by atoms with van der Waals surface area (Å²) in [5.41, 5.74) is 0.381. The van der Waals surface area contributed by atoms with E-state index in [9.17, 15) is 0 Å². The Morgan fingerprint density at radius 2 is 2.12 bits per heavy atom. The number of pyridine rings is 1. The first-order chi connectivity index (χ1) is 8.31. The predicted octanol–water partition coefficient (Wildman–Crippen LogP) is 1.88. The molecule has 1 heterocycles. The Morgan fingerprint density at radius 3 is 2.76 bits per heavy atom. The SMILES string of the molecule is N#Cc1cccc(OC2CCC(CO)CC2)n1. The lowest BCUT2D eigenvalue weighted by Gasteiger charge is -2.27. The third-order valence-corrected chi connectivity index (χ3v) is 3.18. The molecule has 2 rings (SSSR count). The molecule has 0 amide bonds. The molecule has 1 aromatic rings. The van der Waals surface area contributed by atoms with E-state index >= 15 is 0 Å². The minimum Gasteiger partial charge on any atom is -0.474 e. The van der Waals surface area contributed by atoms with Crippen molar-refractivity contribution < 1.29 is 9.84 Å². The summed E-state index contributed by atoms with van der Waals surface area (Å²) in [6.07, 6.45) is 4.06. The number of hydrogen-bond donors (Lipinski definition) is 1. The van der Waals surface area contributed by atoms with E-state index in [4.69, 9.17) is 15.1 Å². The number of aliphatic hydroxyl groups is 1. The number of aromatic nitrogens is 1. The van der Waals surface area contributed by atoms with E-state index in [0.29, 0.717) is 17.5 Å². The lowest BCUT2D eigenvalue weighted by molar-refractivity contribution is 0.100. The second-order valence-electron chi connectivity index (χ2n) is 4.42. The zero-order chi connectivity index (χ0) is 12.1. The Kier molecular flexibility index (Phi) is 3.94. The van der Waals surface area contributed by atoms with Crippen LogP contribution in [0.2, 0.25) is 0 Å². The van der Waals surface area contributed by atoms with Gasteiger partial charge in [0, 0.05) is 12.7 Å². The van der Waals surface area contributed by atoms with Crippen molar-refractivity contribution in [3.8, 4) is 11.9 Å². The zero-order valence-corrected chi connectivity index (χ0v) is 9.67. The van der Waals surface area contributed by atoms with E-state index in [1.165, 1.54) is 0 Å². The van der Waals surface area contributed by atoms with Crippen molar-refractivity contribution in [1.29, 1.82) is 5.26 Å². The molecule has 0 bridgehead atoms. The van der Waals surface area contributed by atoms with E-state index in [-0.39, 0.29) is 12.7 Å². The first kappa shape index (κ1) is 11.9. The molecule has 1 aliphatic carbocycles. The van der Waals surface area contributed by atoms with E-state index in [1.54, 1.807) is 18.2 Å². The van der Waals surface area contributed by atoms with Crippen LogP contribution < -0.4 is 4.74 Å². The van der Waals surface area contributed by atoms with Crippen LogP contribution in [0.1, 0.15) is 31.4 Å². The largest absolute Gasteiger partial charge is 0.474 e. The Bertz CT molecular complexity index is 406. The molecule has 0 spiro atoms. The van der Waals surface area contributed by atoms with Gasteiger partial charge in [-0.1, -0.05) is 6.07 Å². The second kappa shape index (κ2) is 5.65. The van der Waals surface area contributed by atoms with Gasteiger partial charge in [-0.3, -0.25) is 0 Å². The molecule has 0 aliphatic heterocycles. The molecular formula is C13H16N2O2. The van der Waals surface area contributed by atoms with E-state index in [2.05, 4.69) is 4.98 Å². The molecular weight excluding hydrogens is 216 g/mol. The van der Waals surface area contributed by atoms with Gasteiger partial charge in [0.25, 0.3) is 0 Å². The zero-order valence-electron chi connectivity index (χ0n) is 9.67. The van der Waals surface area contributed by atoms with Crippen LogP contribution in [0.5, 0.6) is 5.88 Å². The van der Waals surface area contributed by atoms with Crippen molar-refractivity contribution >= 4 is 0 Å². The summed E-state index contributed by atoms with van der Waals surface area (Å²) in [4.78, 5) is 4.09. The standard InChI is InChI=1S/C13H16N2O2/c14-8-11-2-1-3-13(15-11)17-12-6-4-10(9-16)5-7-12/h1-3,10,12,16H,4-7,9H2. The second-order valence-corrected chi connectivity index (χ2v) is 4.42. The van der Waals surface area contributed by atoms with Gasteiger partial charge in [0.05, 0.1) is 0 Å². The Balaban J connectivity index is 1.91. The smallest absolute Gasteiger partial charge is 0.214 e. The number of rotatable bonds is 3. The minimum atomic E-state index is 0.166. The molecule has 1 N–H and O–H groups in total. The van der Waals surface area contributed by atoms with E-state index < -0.39 is 0 Å². The molecule has 0 aromatic carbocycles. The topological polar surface area (TPSA) is 66.1 Å². The van der Waals surface area contributed by atoms with Gasteiger partial charge in [0.15, 0.2) is 0 Å². The first-order valence-corrected chi connectivity index (χ1v) is 5.96. The highest BCUT2D eigenvalue weighted by molar-refractivity contribution is 5.24. The highest BCUT2D eigenvalue weighted by Crippen LogP contribution is 2.26. The number of nitrogens with zero attached hydrogens (tertiary/aromatic N) is 2. The number of hydrogen-bond acceptors (Lipinski definition) is 4.